The molecule has 2 aromatic heterocycles. The van der Waals surface area contributed by atoms with E-state index in [0.717, 1.165) is 19.3 Å². The molecule has 17 heteroatoms. The second kappa shape index (κ2) is 15.1. The van der Waals surface area contributed by atoms with Crippen molar-refractivity contribution >= 4 is 37.0 Å². The minimum atomic E-state index is -4.53. The van der Waals surface area contributed by atoms with Crippen LogP contribution in [0.15, 0.2) is 48.8 Å². The molecule has 16 nitrogen and oxygen atoms in total. The van der Waals surface area contributed by atoms with Gasteiger partial charge >= 0.3 is 31.4 Å². The molecule has 5 rings (SSSR count). The largest absolute Gasteiger partial charge is 0.461 e. The minimum Gasteiger partial charge on any atom is -0.461 e. The van der Waals surface area contributed by atoms with Crippen molar-refractivity contribution in [3.05, 3.63) is 65.9 Å². The van der Waals surface area contributed by atoms with E-state index in [0.29, 0.717) is 11.2 Å². The molecule has 2 aliphatic rings. The number of hydrogen-bond donors (Lipinski definition) is 2. The molecule has 1 aliphatic carbocycles. The van der Waals surface area contributed by atoms with Crippen molar-refractivity contribution in [3.63, 3.8) is 0 Å². The van der Waals surface area contributed by atoms with Gasteiger partial charge in [-0.2, -0.15) is 10.2 Å². The van der Waals surface area contributed by atoms with Crippen molar-refractivity contribution in [1.29, 1.82) is 0 Å². The SMILES string of the molecule is [C-]#[N+][C@]1(COP(=O)(N[C@@H](C)C(=O)OC2CCC2)Oc2ccccc2)O[C@@H](c2ccc3c(N)ncnn23)[C@H](OC(=O)C(C)C)[C@@H]1OC(=O)C(C)C. The van der Waals surface area contributed by atoms with Crippen molar-refractivity contribution in [2.24, 2.45) is 11.8 Å². The first-order valence-corrected chi connectivity index (χ1v) is 17.8. The van der Waals surface area contributed by atoms with Gasteiger partial charge in [-0.1, -0.05) is 45.9 Å². The van der Waals surface area contributed by atoms with Crippen LogP contribution in [0.5, 0.6) is 5.75 Å². The van der Waals surface area contributed by atoms with Crippen molar-refractivity contribution in [1.82, 2.24) is 19.7 Å². The molecular weight excluding hydrogens is 671 g/mol. The highest BCUT2D eigenvalue weighted by atomic mass is 31.2. The molecule has 2 fully saturated rings. The molecule has 0 amide bonds. The van der Waals surface area contributed by atoms with Gasteiger partial charge in [-0.05, 0) is 50.5 Å². The molecule has 1 unspecified atom stereocenters. The Morgan fingerprint density at radius 2 is 1.72 bits per heavy atom. The van der Waals surface area contributed by atoms with Crippen molar-refractivity contribution in [2.75, 3.05) is 12.3 Å². The standard InChI is InChI=1S/C33H41N6O10P/c1-19(2)30(40)46-27-26(24-15-16-25-29(34)36-18-37-39(24)25)48-33(35-6,28(27)47-31(41)20(3)4)17-44-50(43,49-23-11-8-7-9-12-23)38-21(5)32(42)45-22-13-10-14-22/h7-9,11-12,15-16,18-22,26-28H,10,13-14,17H2,1-5H3,(H,38,43)(H2,34,36,37)/t21-,26-,27-,28-,33+,50?/m0/s1. The lowest BCUT2D eigenvalue weighted by molar-refractivity contribution is -0.174. The first kappa shape index (κ1) is 36.7. The highest BCUT2D eigenvalue weighted by Gasteiger charge is 2.67. The summed E-state index contributed by atoms with van der Waals surface area (Å²) in [6.07, 6.45) is -0.885. The molecule has 1 saturated carbocycles. The number of benzene rings is 1. The number of esters is 3. The van der Waals surface area contributed by atoms with Crippen LogP contribution in [0.4, 0.5) is 5.82 Å². The zero-order valence-electron chi connectivity index (χ0n) is 28.4. The molecule has 0 bridgehead atoms. The number of aromatic nitrogens is 3. The Labute approximate surface area is 289 Å². The van der Waals surface area contributed by atoms with Crippen LogP contribution in [0.25, 0.3) is 10.4 Å². The Hall–Kier alpha value is -4.55. The predicted molar refractivity (Wildman–Crippen MR) is 177 cm³/mol. The number of carbonyl (C=O) groups excluding carboxylic acids is 3. The van der Waals surface area contributed by atoms with Crippen LogP contribution in [-0.2, 0) is 42.4 Å². The fourth-order valence-corrected chi connectivity index (χ4v) is 6.69. The molecule has 6 atom stereocenters. The number of anilines is 1. The maximum absolute atomic E-state index is 14.4. The molecular formula is C33H41N6O10P. The van der Waals surface area contributed by atoms with E-state index in [1.54, 1.807) is 58.0 Å². The van der Waals surface area contributed by atoms with Crippen LogP contribution < -0.4 is 15.3 Å². The minimum absolute atomic E-state index is 0.133. The van der Waals surface area contributed by atoms with E-state index in [-0.39, 0.29) is 17.7 Å². The van der Waals surface area contributed by atoms with Gasteiger partial charge in [0.2, 0.25) is 6.10 Å². The van der Waals surface area contributed by atoms with Crippen LogP contribution in [0, 0.1) is 18.4 Å². The molecule has 1 saturated heterocycles. The lowest BCUT2D eigenvalue weighted by Crippen LogP contribution is -2.49. The monoisotopic (exact) mass is 712 g/mol. The summed E-state index contributed by atoms with van der Waals surface area (Å²) in [4.78, 5) is 46.9. The molecule has 3 aromatic rings. The first-order valence-electron chi connectivity index (χ1n) is 16.3. The summed E-state index contributed by atoms with van der Waals surface area (Å²) in [7, 11) is -4.53. The summed E-state index contributed by atoms with van der Waals surface area (Å²) in [6, 6.07) is 10.1. The third-order valence-electron chi connectivity index (χ3n) is 8.25. The van der Waals surface area contributed by atoms with E-state index >= 15 is 0 Å². The lowest BCUT2D eigenvalue weighted by atomic mass is 9.96. The average Bonchev–Trinajstić information content (AvgIpc) is 3.62. The third-order valence-corrected chi connectivity index (χ3v) is 9.88. The zero-order valence-corrected chi connectivity index (χ0v) is 29.3. The van der Waals surface area contributed by atoms with Gasteiger partial charge in [0.1, 0.15) is 35.8 Å². The molecule has 0 spiro atoms. The normalized spacial score (nSPS) is 23.8. The molecule has 1 aromatic carbocycles. The smallest absolute Gasteiger partial charge is 0.459 e. The Morgan fingerprint density at radius 3 is 2.34 bits per heavy atom. The number of rotatable bonds is 14. The molecule has 3 N–H and O–H groups in total. The van der Waals surface area contributed by atoms with E-state index in [2.05, 4.69) is 20.0 Å². The third kappa shape index (κ3) is 7.92. The molecule has 268 valence electrons. The Kier molecular flexibility index (Phi) is 11.1. The van der Waals surface area contributed by atoms with Crippen LogP contribution >= 0.6 is 7.75 Å². The highest BCUT2D eigenvalue weighted by molar-refractivity contribution is 7.52. The van der Waals surface area contributed by atoms with Gasteiger partial charge in [0.05, 0.1) is 17.5 Å². The first-order chi connectivity index (χ1) is 23.8. The van der Waals surface area contributed by atoms with Crippen LogP contribution in [0.1, 0.15) is 65.7 Å². The van der Waals surface area contributed by atoms with Crippen LogP contribution in [0.2, 0.25) is 0 Å². The number of hydrogen-bond acceptors (Lipinski definition) is 13. The summed E-state index contributed by atoms with van der Waals surface area (Å²) < 4.78 is 51.2. The van der Waals surface area contributed by atoms with E-state index in [1.165, 1.54) is 29.9 Å². The predicted octanol–water partition coefficient (Wildman–Crippen LogP) is 4.41. The van der Waals surface area contributed by atoms with Crippen molar-refractivity contribution < 1.29 is 46.9 Å². The van der Waals surface area contributed by atoms with Gasteiger partial charge < -0.3 is 24.5 Å². The molecule has 3 heterocycles. The van der Waals surface area contributed by atoms with Gasteiger partial charge in [0, 0.05) is 0 Å². The number of para-hydroxylation sites is 1. The Balaban J connectivity index is 1.54. The number of nitrogens with two attached hydrogens (primary N) is 1. The average molecular weight is 713 g/mol. The van der Waals surface area contributed by atoms with E-state index in [9.17, 15) is 18.9 Å². The van der Waals surface area contributed by atoms with Crippen molar-refractivity contribution in [2.45, 2.75) is 90.1 Å². The quantitative estimate of drug-likeness (QED) is 0.103. The fourth-order valence-electron chi connectivity index (χ4n) is 5.17. The Bertz CT molecular complexity index is 1790. The highest BCUT2D eigenvalue weighted by Crippen LogP contribution is 2.50. The zero-order chi connectivity index (χ0) is 36.2. The number of nitrogens with one attached hydrogen (secondary N) is 1. The number of fused-ring (bicyclic) bond motifs is 1. The molecule has 0 radical (unpaired) electrons. The number of nitrogen functional groups attached to an aromatic ring is 1. The van der Waals surface area contributed by atoms with E-state index < -0.39 is 74.2 Å². The van der Waals surface area contributed by atoms with E-state index in [4.69, 9.17) is 40.3 Å². The second-order valence-corrected chi connectivity index (χ2v) is 14.5. The van der Waals surface area contributed by atoms with Crippen molar-refractivity contribution in [3.8, 4) is 5.75 Å². The summed E-state index contributed by atoms with van der Waals surface area (Å²) in [5, 5.41) is 6.88. The number of nitrogens with zero attached hydrogens (tertiary/aromatic N) is 4. The number of ether oxygens (including phenoxy) is 4. The summed E-state index contributed by atoms with van der Waals surface area (Å²) >= 11 is 0. The van der Waals surface area contributed by atoms with Gasteiger partial charge in [-0.25, -0.2) is 20.6 Å². The lowest BCUT2D eigenvalue weighted by Gasteiger charge is -2.29. The summed E-state index contributed by atoms with van der Waals surface area (Å²) in [5.74, 6) is -3.03. The van der Waals surface area contributed by atoms with Gasteiger partial charge in [-0.15, -0.1) is 0 Å². The fraction of sp³-hybridized carbons (Fsp3) is 0.515. The van der Waals surface area contributed by atoms with Gasteiger partial charge in [0.25, 0.3) is 0 Å². The Morgan fingerprint density at radius 1 is 1.04 bits per heavy atom. The maximum Gasteiger partial charge on any atom is 0.459 e. The maximum atomic E-state index is 14.4. The van der Waals surface area contributed by atoms with E-state index in [1.807, 2.05) is 0 Å². The van der Waals surface area contributed by atoms with Crippen LogP contribution in [-0.4, -0.2) is 69.2 Å². The van der Waals surface area contributed by atoms with Crippen LogP contribution in [0.3, 0.4) is 0 Å². The second-order valence-electron chi connectivity index (χ2n) is 12.8. The van der Waals surface area contributed by atoms with Gasteiger partial charge in [0.15, 0.2) is 18.5 Å². The summed E-state index contributed by atoms with van der Waals surface area (Å²) in [5.41, 5.74) is 4.50. The number of carbonyl (C=O) groups is 3. The summed E-state index contributed by atoms with van der Waals surface area (Å²) in [6.45, 7) is 15.4. The van der Waals surface area contributed by atoms with Gasteiger partial charge in [-0.3, -0.25) is 28.5 Å². The topological polar surface area (TPSA) is 196 Å². The molecule has 50 heavy (non-hydrogen) atoms. The molecule has 1 aliphatic heterocycles.